The Kier molecular flexibility index (Phi) is 8.19. The van der Waals surface area contributed by atoms with E-state index in [4.69, 9.17) is 16.3 Å². The van der Waals surface area contributed by atoms with Crippen molar-refractivity contribution in [1.82, 2.24) is 0 Å². The van der Waals surface area contributed by atoms with Gasteiger partial charge in [0.1, 0.15) is 11.5 Å². The van der Waals surface area contributed by atoms with Crippen LogP contribution >= 0.6 is 11.6 Å². The molecule has 0 spiro atoms. The van der Waals surface area contributed by atoms with Crippen LogP contribution in [0.5, 0.6) is 5.75 Å². The Morgan fingerprint density at radius 3 is 1.94 bits per heavy atom. The second-order valence-electron chi connectivity index (χ2n) is 8.45. The van der Waals surface area contributed by atoms with Crippen LogP contribution in [0.15, 0.2) is 77.7 Å². The van der Waals surface area contributed by atoms with Gasteiger partial charge in [-0.05, 0) is 73.5 Å². The first-order valence-corrected chi connectivity index (χ1v) is 13.0. The van der Waals surface area contributed by atoms with E-state index >= 15 is 0 Å². The van der Waals surface area contributed by atoms with Crippen molar-refractivity contribution in [2.24, 2.45) is 0 Å². The Morgan fingerprint density at radius 1 is 0.882 bits per heavy atom. The third-order valence-electron chi connectivity index (χ3n) is 5.11. The van der Waals surface area contributed by atoms with Gasteiger partial charge in [-0.1, -0.05) is 54.6 Å². The number of benzene rings is 3. The summed E-state index contributed by atoms with van der Waals surface area (Å²) in [5.74, 6) is 7.07. The average molecular weight is 495 g/mol. The molecule has 0 unspecified atom stereocenters. The molecule has 176 valence electrons. The molecular formula is C28H27ClO4S. The average Bonchev–Trinajstić information content (AvgIpc) is 2.80. The van der Waals surface area contributed by atoms with Crippen LogP contribution in [0.3, 0.4) is 0 Å². The molecule has 3 rings (SSSR count). The van der Waals surface area contributed by atoms with E-state index in [9.17, 15) is 13.2 Å². The predicted molar refractivity (Wildman–Crippen MR) is 136 cm³/mol. The van der Waals surface area contributed by atoms with Crippen molar-refractivity contribution in [3.8, 4) is 17.6 Å². The van der Waals surface area contributed by atoms with Crippen molar-refractivity contribution in [2.75, 3.05) is 5.75 Å². The van der Waals surface area contributed by atoms with Gasteiger partial charge in [0.05, 0.1) is 10.6 Å². The van der Waals surface area contributed by atoms with Crippen LogP contribution in [0.2, 0.25) is 5.02 Å². The summed E-state index contributed by atoms with van der Waals surface area (Å²) >= 11 is 5.91. The van der Waals surface area contributed by atoms with Gasteiger partial charge in [-0.25, -0.2) is 8.42 Å². The van der Waals surface area contributed by atoms with Crippen LogP contribution < -0.4 is 4.74 Å². The first-order valence-electron chi connectivity index (χ1n) is 11.0. The Morgan fingerprint density at radius 2 is 1.41 bits per heavy atom. The molecule has 6 heteroatoms. The molecular weight excluding hydrogens is 468 g/mol. The highest BCUT2D eigenvalue weighted by molar-refractivity contribution is 7.91. The third-order valence-corrected chi connectivity index (χ3v) is 7.12. The second kappa shape index (κ2) is 10.9. The summed E-state index contributed by atoms with van der Waals surface area (Å²) in [4.78, 5) is 12.8. The largest absolute Gasteiger partial charge is 0.475 e. The number of hydrogen-bond donors (Lipinski definition) is 0. The molecule has 0 aliphatic carbocycles. The predicted octanol–water partition coefficient (Wildman–Crippen LogP) is 5.70. The third kappa shape index (κ3) is 7.48. The smallest absolute Gasteiger partial charge is 0.178 e. The fourth-order valence-corrected chi connectivity index (χ4v) is 4.26. The number of ketones is 1. The van der Waals surface area contributed by atoms with Gasteiger partial charge in [-0.3, -0.25) is 4.79 Å². The molecule has 3 aromatic rings. The minimum absolute atomic E-state index is 0.0541. The highest BCUT2D eigenvalue weighted by atomic mass is 35.5. The number of ether oxygens (including phenoxy) is 1. The molecule has 0 aromatic heterocycles. The maximum Gasteiger partial charge on any atom is 0.178 e. The minimum atomic E-state index is -3.24. The van der Waals surface area contributed by atoms with Crippen LogP contribution in [0.1, 0.15) is 37.5 Å². The fraction of sp³-hybridized carbons (Fsp3) is 0.250. The molecule has 0 heterocycles. The lowest BCUT2D eigenvalue weighted by molar-refractivity contribution is -0.117. The number of carbonyl (C=O) groups excluding carboxylic acids is 1. The van der Waals surface area contributed by atoms with E-state index in [2.05, 4.69) is 11.8 Å². The van der Waals surface area contributed by atoms with Gasteiger partial charge in [0, 0.05) is 23.4 Å². The molecule has 0 bridgehead atoms. The Hall–Kier alpha value is -3.07. The quantitative estimate of drug-likeness (QED) is 0.377. The van der Waals surface area contributed by atoms with Crippen molar-refractivity contribution >= 4 is 27.2 Å². The summed E-state index contributed by atoms with van der Waals surface area (Å²) in [7, 11) is -3.24. The molecule has 0 radical (unpaired) electrons. The topological polar surface area (TPSA) is 60.4 Å². The van der Waals surface area contributed by atoms with E-state index in [1.807, 2.05) is 38.1 Å². The lowest BCUT2D eigenvalue weighted by Crippen LogP contribution is -2.25. The van der Waals surface area contributed by atoms with Crippen molar-refractivity contribution in [2.45, 2.75) is 44.1 Å². The van der Waals surface area contributed by atoms with Gasteiger partial charge in [-0.2, -0.15) is 0 Å². The molecule has 4 nitrogen and oxygen atoms in total. The summed E-state index contributed by atoms with van der Waals surface area (Å²) < 4.78 is 29.8. The number of hydrogen-bond acceptors (Lipinski definition) is 4. The Bertz CT molecular complexity index is 1300. The summed E-state index contributed by atoms with van der Waals surface area (Å²) in [5.41, 5.74) is 1.84. The number of rotatable bonds is 8. The molecule has 0 aliphatic rings. The summed E-state index contributed by atoms with van der Waals surface area (Å²) in [6, 6.07) is 21.2. The lowest BCUT2D eigenvalue weighted by Gasteiger charge is -2.20. The van der Waals surface area contributed by atoms with Gasteiger partial charge in [0.2, 0.25) is 0 Å². The number of sulfone groups is 1. The molecule has 3 aromatic carbocycles. The van der Waals surface area contributed by atoms with Crippen LogP contribution in [0.4, 0.5) is 0 Å². The molecule has 0 atom stereocenters. The maximum atomic E-state index is 12.5. The molecule has 0 aliphatic heterocycles. The van der Waals surface area contributed by atoms with E-state index in [1.54, 1.807) is 55.5 Å². The van der Waals surface area contributed by atoms with Crippen molar-refractivity contribution in [3.05, 3.63) is 94.5 Å². The number of carbonyl (C=O) groups is 1. The highest BCUT2D eigenvalue weighted by Gasteiger charge is 2.16. The lowest BCUT2D eigenvalue weighted by atomic mass is 10.0. The standard InChI is InChI=1S/C28H27ClO4S/c1-4-34(31,32)27-15-9-23(10-16-27)20-25(30)19-22-7-5-21(6-8-22)17-18-28(2,3)33-26-13-11-24(29)12-14-26/h5-16H,4,19-20H2,1-3H3. The van der Waals surface area contributed by atoms with Crippen LogP contribution in [-0.2, 0) is 27.5 Å². The first kappa shape index (κ1) is 25.6. The SMILES string of the molecule is CCS(=O)(=O)c1ccc(CC(=O)Cc2ccc(C#CC(C)(C)Oc3ccc(Cl)cc3)cc2)cc1. The molecule has 0 N–H and O–H groups in total. The molecule has 0 saturated carbocycles. The molecule has 0 fully saturated rings. The van der Waals surface area contributed by atoms with E-state index in [-0.39, 0.29) is 22.9 Å². The van der Waals surface area contributed by atoms with E-state index in [1.165, 1.54) is 0 Å². The zero-order valence-corrected chi connectivity index (χ0v) is 21.0. The second-order valence-corrected chi connectivity index (χ2v) is 11.2. The highest BCUT2D eigenvalue weighted by Crippen LogP contribution is 2.20. The molecule has 0 amide bonds. The molecule has 34 heavy (non-hydrogen) atoms. The molecule has 0 saturated heterocycles. The van der Waals surface area contributed by atoms with Crippen LogP contribution in [0.25, 0.3) is 0 Å². The first-order chi connectivity index (χ1) is 16.1. The summed E-state index contributed by atoms with van der Waals surface area (Å²) in [6.07, 6.45) is 0.554. The number of Topliss-reactive ketones (excluding diaryl/α,β-unsaturated/α-hetero) is 1. The zero-order valence-electron chi connectivity index (χ0n) is 19.5. The van der Waals surface area contributed by atoms with Crippen molar-refractivity contribution in [3.63, 3.8) is 0 Å². The van der Waals surface area contributed by atoms with Gasteiger partial charge in [-0.15, -0.1) is 0 Å². The number of halogens is 1. The normalized spacial score (nSPS) is 11.4. The maximum absolute atomic E-state index is 12.5. The van der Waals surface area contributed by atoms with Gasteiger partial charge < -0.3 is 4.74 Å². The summed E-state index contributed by atoms with van der Waals surface area (Å²) in [6.45, 7) is 5.40. The Balaban J connectivity index is 1.57. The van der Waals surface area contributed by atoms with Gasteiger partial charge >= 0.3 is 0 Å². The zero-order chi connectivity index (χ0) is 24.8. The monoisotopic (exact) mass is 494 g/mol. The fourth-order valence-electron chi connectivity index (χ4n) is 3.25. The van der Waals surface area contributed by atoms with E-state index in [0.29, 0.717) is 17.2 Å². The minimum Gasteiger partial charge on any atom is -0.475 e. The van der Waals surface area contributed by atoms with Gasteiger partial charge in [0.15, 0.2) is 15.4 Å². The van der Waals surface area contributed by atoms with E-state index < -0.39 is 15.4 Å². The van der Waals surface area contributed by atoms with Crippen molar-refractivity contribution < 1.29 is 17.9 Å². The van der Waals surface area contributed by atoms with Crippen LogP contribution in [0, 0.1) is 11.8 Å². The van der Waals surface area contributed by atoms with E-state index in [0.717, 1.165) is 16.7 Å². The van der Waals surface area contributed by atoms with Crippen LogP contribution in [-0.4, -0.2) is 25.6 Å². The Labute approximate surface area is 206 Å². The van der Waals surface area contributed by atoms with Gasteiger partial charge in [0.25, 0.3) is 0 Å². The van der Waals surface area contributed by atoms with Crippen molar-refractivity contribution in [1.29, 1.82) is 0 Å². The summed E-state index contributed by atoms with van der Waals surface area (Å²) in [5, 5.41) is 0.648.